The van der Waals surface area contributed by atoms with E-state index in [-0.39, 0.29) is 30.5 Å². The normalized spacial score (nSPS) is 32.5. The first-order chi connectivity index (χ1) is 20.9. The van der Waals surface area contributed by atoms with Gasteiger partial charge in [-0.25, -0.2) is 4.79 Å². The highest BCUT2D eigenvalue weighted by Gasteiger charge is 2.48. The number of phenols is 3. The lowest BCUT2D eigenvalue weighted by Gasteiger charge is -2.43. The molecule has 0 spiro atoms. The molecule has 2 fully saturated rings. The van der Waals surface area contributed by atoms with Crippen LogP contribution in [0.3, 0.4) is 0 Å². The molecule has 8 N–H and O–H groups in total. The van der Waals surface area contributed by atoms with Gasteiger partial charge in [-0.3, -0.25) is 0 Å². The van der Waals surface area contributed by atoms with Crippen molar-refractivity contribution < 1.29 is 69.3 Å². The van der Waals surface area contributed by atoms with E-state index in [4.69, 9.17) is 23.7 Å². The van der Waals surface area contributed by atoms with Crippen LogP contribution in [0.25, 0.3) is 6.08 Å². The van der Waals surface area contributed by atoms with Gasteiger partial charge in [0.1, 0.15) is 61.2 Å². The lowest BCUT2D eigenvalue weighted by molar-refractivity contribution is -0.314. The highest BCUT2D eigenvalue weighted by molar-refractivity contribution is 5.87. The number of hydrogen-bond donors (Lipinski definition) is 8. The number of phenolic OH excluding ortho intramolecular Hbond substituents is 3. The molecule has 14 nitrogen and oxygen atoms in total. The second-order valence-electron chi connectivity index (χ2n) is 10.7. The number of rotatable bonds is 11. The van der Waals surface area contributed by atoms with E-state index in [1.165, 1.54) is 43.3 Å². The van der Waals surface area contributed by atoms with Crippen LogP contribution in [0.4, 0.5) is 0 Å². The fourth-order valence-corrected chi connectivity index (χ4v) is 4.83. The van der Waals surface area contributed by atoms with Crippen LogP contribution >= 0.6 is 0 Å². The molecule has 14 heteroatoms. The van der Waals surface area contributed by atoms with E-state index >= 15 is 0 Å². The van der Waals surface area contributed by atoms with E-state index in [2.05, 4.69) is 0 Å². The average molecular weight is 623 g/mol. The zero-order valence-electron chi connectivity index (χ0n) is 23.8. The van der Waals surface area contributed by atoms with Gasteiger partial charge in [0.05, 0.1) is 19.3 Å². The first-order valence-corrected chi connectivity index (χ1v) is 14.0. The standard InChI is InChI=1S/C30H38O14/c1-15-24(35)27(38)25(36)21(43-15)14-42-29-26(37)22(13-41-23(34)9-5-17-4-8-19(32)20(33)12-17)44-30(28(29)39)40-11-10-16-2-6-18(31)7-3-16/h2-9,12,15,21-22,24-33,35-39H,10-11,13-14H2,1H3/b9-5+/t15-,21-,22+,24-,25-,26+,27+,28+,29-,30+/m0/s1. The van der Waals surface area contributed by atoms with Gasteiger partial charge in [0.25, 0.3) is 0 Å². The predicted molar refractivity (Wildman–Crippen MR) is 150 cm³/mol. The van der Waals surface area contributed by atoms with Gasteiger partial charge in [-0.15, -0.1) is 0 Å². The van der Waals surface area contributed by atoms with E-state index in [1.807, 2.05) is 0 Å². The number of aliphatic hydroxyl groups excluding tert-OH is 5. The maximum absolute atomic E-state index is 12.4. The van der Waals surface area contributed by atoms with Crippen molar-refractivity contribution in [1.29, 1.82) is 0 Å². The van der Waals surface area contributed by atoms with Crippen molar-refractivity contribution in [2.75, 3.05) is 19.8 Å². The number of carbonyl (C=O) groups is 1. The summed E-state index contributed by atoms with van der Waals surface area (Å²) >= 11 is 0. The second-order valence-corrected chi connectivity index (χ2v) is 10.7. The van der Waals surface area contributed by atoms with Crippen LogP contribution in [0.2, 0.25) is 0 Å². The van der Waals surface area contributed by atoms with Crippen molar-refractivity contribution >= 4 is 12.0 Å². The summed E-state index contributed by atoms with van der Waals surface area (Å²) in [6.45, 7) is 0.714. The molecule has 2 aromatic rings. The first-order valence-electron chi connectivity index (χ1n) is 14.0. The van der Waals surface area contributed by atoms with Crippen LogP contribution in [-0.2, 0) is 34.9 Å². The van der Waals surface area contributed by atoms with Gasteiger partial charge in [-0.2, -0.15) is 0 Å². The summed E-state index contributed by atoms with van der Waals surface area (Å²) in [5.41, 5.74) is 1.24. The van der Waals surface area contributed by atoms with Crippen molar-refractivity contribution in [2.24, 2.45) is 0 Å². The molecule has 0 saturated carbocycles. The van der Waals surface area contributed by atoms with Gasteiger partial charge >= 0.3 is 5.97 Å². The SMILES string of the molecule is C[C@@H]1O[C@@H](CO[C@@H]2[C@@H](O)[C@H](OCCc3ccc(O)cc3)O[C@H](COC(=O)/C=C/c3ccc(O)c(O)c3)[C@H]2O)[C@H](O)[C@H](O)[C@H]1O. The summed E-state index contributed by atoms with van der Waals surface area (Å²) < 4.78 is 28.0. The minimum Gasteiger partial charge on any atom is -0.508 e. The molecule has 4 rings (SSSR count). The first kappa shape index (κ1) is 33.6. The Balaban J connectivity index is 1.40. The quantitative estimate of drug-likeness (QED) is 0.0883. The van der Waals surface area contributed by atoms with Crippen molar-refractivity contribution in [3.63, 3.8) is 0 Å². The number of benzene rings is 2. The lowest BCUT2D eigenvalue weighted by Crippen LogP contribution is -2.62. The van der Waals surface area contributed by atoms with Crippen LogP contribution in [-0.4, -0.2) is 128 Å². The molecule has 242 valence electrons. The van der Waals surface area contributed by atoms with Gasteiger partial charge in [-0.05, 0) is 54.8 Å². The molecule has 2 saturated heterocycles. The number of ether oxygens (including phenoxy) is 5. The Morgan fingerprint density at radius 2 is 1.50 bits per heavy atom. The van der Waals surface area contributed by atoms with Crippen LogP contribution in [0.1, 0.15) is 18.1 Å². The third-order valence-corrected chi connectivity index (χ3v) is 7.46. The van der Waals surface area contributed by atoms with E-state index in [1.54, 1.807) is 12.1 Å². The zero-order valence-corrected chi connectivity index (χ0v) is 23.8. The molecule has 2 aliphatic heterocycles. The summed E-state index contributed by atoms with van der Waals surface area (Å²) in [5, 5.41) is 80.9. The van der Waals surface area contributed by atoms with Crippen molar-refractivity contribution in [3.8, 4) is 17.2 Å². The van der Waals surface area contributed by atoms with Gasteiger partial charge in [0.15, 0.2) is 17.8 Å². The van der Waals surface area contributed by atoms with Crippen LogP contribution in [0.15, 0.2) is 48.5 Å². The second kappa shape index (κ2) is 15.1. The van der Waals surface area contributed by atoms with Crippen LogP contribution in [0.5, 0.6) is 17.2 Å². The van der Waals surface area contributed by atoms with Crippen LogP contribution in [0, 0.1) is 0 Å². The lowest BCUT2D eigenvalue weighted by atomic mass is 9.95. The molecule has 44 heavy (non-hydrogen) atoms. The predicted octanol–water partition coefficient (Wildman–Crippen LogP) is -0.679. The number of esters is 1. The molecule has 0 unspecified atom stereocenters. The summed E-state index contributed by atoms with van der Waals surface area (Å²) in [7, 11) is 0. The van der Waals surface area contributed by atoms with Crippen molar-refractivity contribution in [3.05, 3.63) is 59.7 Å². The molecule has 0 aromatic heterocycles. The van der Waals surface area contributed by atoms with Gasteiger partial charge in [0, 0.05) is 6.08 Å². The molecule has 0 radical (unpaired) electrons. The zero-order chi connectivity index (χ0) is 32.0. The molecule has 10 atom stereocenters. The summed E-state index contributed by atoms with van der Waals surface area (Å²) in [6.07, 6.45) is -10.4. The highest BCUT2D eigenvalue weighted by atomic mass is 16.7. The Bertz CT molecular complexity index is 1250. The van der Waals surface area contributed by atoms with E-state index in [0.717, 1.165) is 11.6 Å². The maximum atomic E-state index is 12.4. The minimum absolute atomic E-state index is 0.0656. The monoisotopic (exact) mass is 622 g/mol. The van der Waals surface area contributed by atoms with Crippen molar-refractivity contribution in [1.82, 2.24) is 0 Å². The maximum Gasteiger partial charge on any atom is 0.330 e. The minimum atomic E-state index is -1.54. The Kier molecular flexibility index (Phi) is 11.5. The largest absolute Gasteiger partial charge is 0.508 e. The van der Waals surface area contributed by atoms with E-state index in [0.29, 0.717) is 12.0 Å². The molecule has 2 aromatic carbocycles. The average Bonchev–Trinajstić information content (AvgIpc) is 3.00. The van der Waals surface area contributed by atoms with Gasteiger partial charge < -0.3 is 64.5 Å². The topological polar surface area (TPSA) is 225 Å². The third kappa shape index (κ3) is 8.44. The molecule has 0 amide bonds. The summed E-state index contributed by atoms with van der Waals surface area (Å²) in [6, 6.07) is 10.4. The Labute approximate surface area is 252 Å². The number of aliphatic hydroxyl groups is 5. The fraction of sp³-hybridized carbons (Fsp3) is 0.500. The van der Waals surface area contributed by atoms with E-state index in [9.17, 15) is 45.6 Å². The third-order valence-electron chi connectivity index (χ3n) is 7.46. The highest BCUT2D eigenvalue weighted by Crippen LogP contribution is 2.28. The van der Waals surface area contributed by atoms with E-state index < -0.39 is 73.8 Å². The summed E-state index contributed by atoms with van der Waals surface area (Å²) in [4.78, 5) is 12.4. The Morgan fingerprint density at radius 1 is 0.795 bits per heavy atom. The molecule has 2 heterocycles. The molecule has 0 bridgehead atoms. The molecule has 2 aliphatic rings. The summed E-state index contributed by atoms with van der Waals surface area (Å²) in [5.74, 6) is -1.40. The molecular weight excluding hydrogens is 584 g/mol. The Morgan fingerprint density at radius 3 is 2.20 bits per heavy atom. The van der Waals surface area contributed by atoms with Crippen molar-refractivity contribution in [2.45, 2.75) is 74.6 Å². The van der Waals surface area contributed by atoms with Gasteiger partial charge in [0.2, 0.25) is 0 Å². The van der Waals surface area contributed by atoms with Crippen LogP contribution < -0.4 is 0 Å². The van der Waals surface area contributed by atoms with Gasteiger partial charge in [-0.1, -0.05) is 18.2 Å². The number of carbonyl (C=O) groups excluding carboxylic acids is 1. The molecule has 0 aliphatic carbocycles. The number of aromatic hydroxyl groups is 3. The smallest absolute Gasteiger partial charge is 0.330 e. The number of hydrogen-bond acceptors (Lipinski definition) is 14. The molecular formula is C30H38O14. The Hall–Kier alpha value is -3.31. The fourth-order valence-electron chi connectivity index (χ4n) is 4.83.